The molecule has 1 radical (unpaired) electrons. The predicted molar refractivity (Wildman–Crippen MR) is 73.8 cm³/mol. The van der Waals surface area contributed by atoms with Crippen LogP contribution in [-0.2, 0) is 19.6 Å². The van der Waals surface area contributed by atoms with E-state index < -0.39 is 27.2 Å². The first kappa shape index (κ1) is 14.8. The van der Waals surface area contributed by atoms with Crippen LogP contribution in [0.4, 0.5) is 0 Å². The van der Waals surface area contributed by atoms with Crippen molar-refractivity contribution >= 4 is 22.3 Å². The number of nitrogens with zero attached hydrogens (tertiary/aromatic N) is 1. The van der Waals surface area contributed by atoms with E-state index in [1.807, 2.05) is 0 Å². The first-order valence-corrected chi connectivity index (χ1v) is 8.09. The monoisotopic (exact) mass is 297 g/mol. The highest BCUT2D eigenvalue weighted by molar-refractivity contribution is 7.90. The van der Waals surface area contributed by atoms with Gasteiger partial charge in [0.25, 0.3) is 5.91 Å². The summed E-state index contributed by atoms with van der Waals surface area (Å²) in [5.74, 6) is -0.561. The van der Waals surface area contributed by atoms with Gasteiger partial charge in [-0.05, 0) is 25.7 Å². The molecule has 2 amide bonds. The molecule has 1 heterocycles. The fraction of sp³-hybridized carbons (Fsp3) is 0.538. The highest BCUT2D eigenvalue weighted by atomic mass is 32.2. The molecule has 2 rings (SSSR count). The van der Waals surface area contributed by atoms with Crippen molar-refractivity contribution < 1.29 is 18.0 Å². The van der Waals surface area contributed by atoms with Crippen LogP contribution in [0.1, 0.15) is 25.7 Å². The second-order valence-electron chi connectivity index (χ2n) is 4.84. The molecule has 1 saturated heterocycles. The van der Waals surface area contributed by atoms with E-state index >= 15 is 0 Å². The maximum absolute atomic E-state index is 12.5. The summed E-state index contributed by atoms with van der Waals surface area (Å²) >= 11 is 0. The van der Waals surface area contributed by atoms with E-state index in [4.69, 9.17) is 0 Å². The summed E-state index contributed by atoms with van der Waals surface area (Å²) in [6, 6.07) is -0.798. The molecule has 7 heteroatoms. The molecule has 0 saturated carbocycles. The number of amides is 2. The number of carbonyl (C=O) groups excluding carboxylic acids is 2. The Bertz CT molecular complexity index is 539. The van der Waals surface area contributed by atoms with E-state index in [9.17, 15) is 18.0 Å². The maximum Gasteiger partial charge on any atom is 0.309 e. The minimum absolute atomic E-state index is 0.173. The van der Waals surface area contributed by atoms with Crippen molar-refractivity contribution in [3.05, 3.63) is 24.3 Å². The third-order valence-electron chi connectivity index (χ3n) is 3.51. The zero-order valence-electron chi connectivity index (χ0n) is 11.0. The Morgan fingerprint density at radius 2 is 2.10 bits per heavy atom. The number of sulfonamides is 1. The minimum atomic E-state index is -3.73. The maximum atomic E-state index is 12.5. The van der Waals surface area contributed by atoms with Crippen LogP contribution in [0.5, 0.6) is 0 Å². The Kier molecular flexibility index (Phi) is 4.59. The normalized spacial score (nSPS) is 27.2. The first-order valence-electron chi connectivity index (χ1n) is 6.59. The van der Waals surface area contributed by atoms with Gasteiger partial charge in [-0.2, -0.15) is 0 Å². The summed E-state index contributed by atoms with van der Waals surface area (Å²) in [5, 5.41) is 1.57. The van der Waals surface area contributed by atoms with E-state index in [2.05, 4.69) is 5.32 Å². The van der Waals surface area contributed by atoms with E-state index in [1.165, 1.54) is 6.41 Å². The molecule has 1 fully saturated rings. The molecule has 0 aromatic carbocycles. The average molecular weight is 297 g/mol. The number of rotatable bonds is 4. The molecular formula is C13H17N2O4S. The van der Waals surface area contributed by atoms with Crippen molar-refractivity contribution in [2.24, 2.45) is 0 Å². The lowest BCUT2D eigenvalue weighted by molar-refractivity contribution is -0.127. The summed E-state index contributed by atoms with van der Waals surface area (Å²) in [5.41, 5.74) is 0. The van der Waals surface area contributed by atoms with Gasteiger partial charge in [-0.15, -0.1) is 0 Å². The number of hydrogen-bond acceptors (Lipinski definition) is 4. The predicted octanol–water partition coefficient (Wildman–Crippen LogP) is 0.239. The molecule has 2 aliphatic rings. The molecule has 1 N–H and O–H groups in total. The summed E-state index contributed by atoms with van der Waals surface area (Å²) in [7, 11) is -3.73. The van der Waals surface area contributed by atoms with Crippen LogP contribution in [0.2, 0.25) is 0 Å². The Labute approximate surface area is 118 Å². The van der Waals surface area contributed by atoms with Gasteiger partial charge >= 0.3 is 6.41 Å². The van der Waals surface area contributed by atoms with Gasteiger partial charge in [0.05, 0.1) is 0 Å². The molecule has 0 aromatic rings. The Balaban J connectivity index is 2.24. The van der Waals surface area contributed by atoms with E-state index in [-0.39, 0.29) is 6.54 Å². The number of hydrogen-bond donors (Lipinski definition) is 1. The van der Waals surface area contributed by atoms with Crippen molar-refractivity contribution in [3.8, 4) is 0 Å². The average Bonchev–Trinajstić information content (AvgIpc) is 2.63. The van der Waals surface area contributed by atoms with E-state index in [0.29, 0.717) is 25.7 Å². The van der Waals surface area contributed by atoms with Crippen LogP contribution in [0.15, 0.2) is 24.3 Å². The third kappa shape index (κ3) is 2.92. The molecule has 2 atom stereocenters. The Morgan fingerprint density at radius 1 is 1.30 bits per heavy atom. The highest BCUT2D eigenvalue weighted by Crippen LogP contribution is 2.22. The molecule has 0 aromatic heterocycles. The van der Waals surface area contributed by atoms with Crippen LogP contribution in [0.25, 0.3) is 0 Å². The molecule has 0 bridgehead atoms. The smallest absolute Gasteiger partial charge is 0.309 e. The second kappa shape index (κ2) is 6.21. The standard InChI is InChI=1S/C13H17N2O4S/c16-10-14-12-8-4-5-9-15(13(12)17)20(18,19)11-6-2-1-3-7-11/h1-3,6,11-12H,4-5,7-9H2,(H,14,16)/t11?,12-/m0/s1. The van der Waals surface area contributed by atoms with E-state index in [1.54, 1.807) is 24.3 Å². The molecule has 20 heavy (non-hydrogen) atoms. The molecule has 6 nitrogen and oxygen atoms in total. The second-order valence-corrected chi connectivity index (χ2v) is 6.91. The van der Waals surface area contributed by atoms with Gasteiger partial charge < -0.3 is 5.32 Å². The van der Waals surface area contributed by atoms with Crippen LogP contribution in [-0.4, -0.2) is 42.9 Å². The quantitative estimate of drug-likeness (QED) is 0.753. The summed E-state index contributed by atoms with van der Waals surface area (Å²) in [6.45, 7) is 0.173. The van der Waals surface area contributed by atoms with Gasteiger partial charge in [0.1, 0.15) is 11.3 Å². The molecule has 109 valence electrons. The Morgan fingerprint density at radius 3 is 2.75 bits per heavy atom. The third-order valence-corrected chi connectivity index (χ3v) is 5.60. The zero-order chi connectivity index (χ0) is 14.6. The van der Waals surface area contributed by atoms with Crippen molar-refractivity contribution in [2.75, 3.05) is 6.54 Å². The molecule has 1 aliphatic heterocycles. The van der Waals surface area contributed by atoms with Crippen LogP contribution in [0, 0.1) is 0 Å². The topological polar surface area (TPSA) is 83.6 Å². The summed E-state index contributed by atoms with van der Waals surface area (Å²) in [6.07, 6.45) is 10.4. The first-order chi connectivity index (χ1) is 9.57. The van der Waals surface area contributed by atoms with Crippen molar-refractivity contribution in [3.63, 3.8) is 0 Å². The van der Waals surface area contributed by atoms with Crippen LogP contribution in [0.3, 0.4) is 0 Å². The number of nitrogens with one attached hydrogen (secondary N) is 1. The minimum Gasteiger partial charge on any atom is -0.336 e. The lowest BCUT2D eigenvalue weighted by atomic mass is 10.1. The van der Waals surface area contributed by atoms with Gasteiger partial charge in [-0.3, -0.25) is 9.59 Å². The number of carbonyl (C=O) groups is 1. The number of allylic oxidation sites excluding steroid dienone is 3. The molecular weight excluding hydrogens is 280 g/mol. The van der Waals surface area contributed by atoms with Crippen LogP contribution < -0.4 is 5.32 Å². The molecule has 0 spiro atoms. The van der Waals surface area contributed by atoms with Crippen molar-refractivity contribution in [2.45, 2.75) is 37.0 Å². The van der Waals surface area contributed by atoms with Gasteiger partial charge in [-0.1, -0.05) is 24.3 Å². The lowest BCUT2D eigenvalue weighted by Gasteiger charge is -2.27. The fourth-order valence-corrected chi connectivity index (χ4v) is 4.14. The summed E-state index contributed by atoms with van der Waals surface area (Å²) in [4.78, 5) is 22.7. The molecule has 1 unspecified atom stereocenters. The fourth-order valence-electron chi connectivity index (χ4n) is 2.41. The highest BCUT2D eigenvalue weighted by Gasteiger charge is 2.38. The SMILES string of the molecule is O=[C]N[C@H]1CCCCN(S(=O)(=O)C2C=CC=CC2)C1=O. The van der Waals surface area contributed by atoms with Gasteiger partial charge in [-0.25, -0.2) is 12.7 Å². The van der Waals surface area contributed by atoms with Crippen molar-refractivity contribution in [1.82, 2.24) is 9.62 Å². The van der Waals surface area contributed by atoms with Gasteiger partial charge in [0.15, 0.2) is 0 Å². The Hall–Kier alpha value is -1.63. The zero-order valence-corrected chi connectivity index (χ0v) is 11.8. The molecule has 1 aliphatic carbocycles. The van der Waals surface area contributed by atoms with Crippen LogP contribution >= 0.6 is 0 Å². The van der Waals surface area contributed by atoms with Gasteiger partial charge in [0.2, 0.25) is 10.0 Å². The van der Waals surface area contributed by atoms with E-state index in [0.717, 1.165) is 4.31 Å². The van der Waals surface area contributed by atoms with Gasteiger partial charge in [0, 0.05) is 6.54 Å². The lowest BCUT2D eigenvalue weighted by Crippen LogP contribution is -2.49. The summed E-state index contributed by atoms with van der Waals surface area (Å²) < 4.78 is 26.0. The largest absolute Gasteiger partial charge is 0.336 e. The van der Waals surface area contributed by atoms with Crippen molar-refractivity contribution in [1.29, 1.82) is 0 Å².